The van der Waals surface area contributed by atoms with Gasteiger partial charge < -0.3 is 116 Å². The fourth-order valence-corrected chi connectivity index (χ4v) is 15.7. The molecule has 6 rings (SSSR count). The summed E-state index contributed by atoms with van der Waals surface area (Å²) in [4.78, 5) is 250. The minimum atomic E-state index is -1.96. The topological polar surface area (TPSA) is 644 Å². The van der Waals surface area contributed by atoms with Crippen molar-refractivity contribution in [2.24, 2.45) is 35.1 Å². The summed E-state index contributed by atoms with van der Waals surface area (Å²) < 4.78 is 0. The van der Waals surface area contributed by atoms with Crippen molar-refractivity contribution in [2.45, 2.75) is 230 Å². The molecule has 3 aromatic carbocycles. The van der Waals surface area contributed by atoms with Gasteiger partial charge in [0.25, 0.3) is 0 Å². The van der Waals surface area contributed by atoms with E-state index in [0.29, 0.717) is 29.5 Å². The Labute approximate surface area is 729 Å². The van der Waals surface area contributed by atoms with E-state index in [2.05, 4.69) is 84.1 Å². The first-order valence-electron chi connectivity index (χ1n) is 41.2. The first-order valence-corrected chi connectivity index (χ1v) is 43.7. The van der Waals surface area contributed by atoms with Crippen molar-refractivity contribution < 1.29 is 107 Å². The Balaban J connectivity index is 1.35. The third kappa shape index (κ3) is 33.1. The molecular formula is C83H116N18O22S2. The Morgan fingerprint density at radius 3 is 1.65 bits per heavy atom. The van der Waals surface area contributed by atoms with Crippen LogP contribution < -0.4 is 80.6 Å². The van der Waals surface area contributed by atoms with Crippen LogP contribution in [0.1, 0.15) is 142 Å². The van der Waals surface area contributed by atoms with E-state index in [0.717, 1.165) is 32.5 Å². The molecule has 0 radical (unpaired) electrons. The van der Waals surface area contributed by atoms with Gasteiger partial charge in [-0.3, -0.25) is 76.7 Å². The molecular weight excluding hydrogens is 1670 g/mol. The Kier molecular flexibility index (Phi) is 41.1. The van der Waals surface area contributed by atoms with E-state index in [1.54, 1.807) is 116 Å². The van der Waals surface area contributed by atoms with Gasteiger partial charge in [-0.05, 0) is 97.2 Å². The lowest BCUT2D eigenvalue weighted by Gasteiger charge is -2.31. The van der Waals surface area contributed by atoms with Crippen LogP contribution in [-0.2, 0) is 107 Å². The highest BCUT2D eigenvalue weighted by molar-refractivity contribution is 8.76. The number of carboxylic acid groups (broad SMARTS) is 4. The fraction of sp³-hybridized carbons (Fsp3) is 0.518. The number of para-hydroxylation sites is 1. The van der Waals surface area contributed by atoms with Gasteiger partial charge in [-0.2, -0.15) is 0 Å². The maximum atomic E-state index is 15.4. The van der Waals surface area contributed by atoms with Crippen LogP contribution in [0, 0.1) is 23.7 Å². The number of aromatic nitrogens is 3. The smallest absolute Gasteiger partial charge is 0.326 e. The number of nitrogens with two attached hydrogens (primary N) is 2. The number of aromatic amines is 2. The number of H-pyrrole nitrogens is 2. The Morgan fingerprint density at radius 1 is 0.520 bits per heavy atom. The number of fused-ring (bicyclic) bond motifs is 1. The van der Waals surface area contributed by atoms with Gasteiger partial charge >= 0.3 is 23.9 Å². The van der Waals surface area contributed by atoms with Gasteiger partial charge in [-0.25, -0.2) is 9.78 Å². The molecule has 1 fully saturated rings. The molecule has 682 valence electrons. The average molecular weight is 1780 g/mol. The molecule has 1 saturated heterocycles. The standard InChI is InChI=1S/C83H116N18O22S2/c1-9-44(7)68(81(120)96-61(83(122)123)33-48-37-87-53-21-15-14-20-51(48)53)101-82(121)69(45(8)10-2)100-77(116)60(36-66(107)108)94-73(112)56(30-42(3)4)91-76(115)59(34-49-38-86-41-88-49)93-78(117)62-39-124-125-40-63(97-72(111)55(27-28-64(103)104)90-71(110)54(22-16-17-29-84)89-70(109)52(85)35-65(105)106)79(118)99-67(43(5)6)80(119)95-58(32-47-23-25-50(102)26-24-47)74(113)92-57(75(114)98-62)31-46-18-12-11-13-19-46/h11-15,18-21,23-26,37-38,41-45,52,54-63,67-69,87,102H,9-10,16-17,22,27-36,39-40,84-85H2,1-8H3,(H,86,88)(H,89,109)(H,90,110)(H,91,115)(H,92,113)(H,93,117)(H,94,112)(H,95,119)(H,96,120)(H,97,111)(H,98,114)(H,99,118)(H,100,116)(H,101,121)(H,103,104)(H,105,106)(H,107,108)(H,122,123)/t44-,45-,52-,54-,55-,56-,57-,58-,59-,60-,61-,62-,63-,67-,68-,69-/m0/s1. The second-order valence-electron chi connectivity index (χ2n) is 31.5. The molecule has 5 aromatic rings. The number of unbranched alkanes of at least 4 members (excludes halogenated alkanes) is 1. The van der Waals surface area contributed by atoms with Crippen LogP contribution in [0.25, 0.3) is 10.9 Å². The van der Waals surface area contributed by atoms with Crippen molar-refractivity contribution in [3.63, 3.8) is 0 Å². The molecule has 0 aliphatic carbocycles. The number of carboxylic acids is 4. The van der Waals surface area contributed by atoms with Gasteiger partial charge in [-0.15, -0.1) is 0 Å². The summed E-state index contributed by atoms with van der Waals surface area (Å²) in [7, 11) is 1.61. The lowest BCUT2D eigenvalue weighted by molar-refractivity contribution is -0.143. The molecule has 3 heterocycles. The zero-order chi connectivity index (χ0) is 92.3. The summed E-state index contributed by atoms with van der Waals surface area (Å²) >= 11 is 0. The van der Waals surface area contributed by atoms with Crippen LogP contribution in [0.15, 0.2) is 97.6 Å². The summed E-state index contributed by atoms with van der Waals surface area (Å²) in [6.07, 6.45) is 0.555. The van der Waals surface area contributed by atoms with Crippen LogP contribution in [0.5, 0.6) is 5.75 Å². The second-order valence-corrected chi connectivity index (χ2v) is 34.1. The van der Waals surface area contributed by atoms with Gasteiger partial charge in [-0.1, -0.05) is 150 Å². The van der Waals surface area contributed by atoms with E-state index >= 15 is 19.2 Å². The van der Waals surface area contributed by atoms with Gasteiger partial charge in [0.15, 0.2) is 0 Å². The molecule has 16 atom stereocenters. The molecule has 2 aromatic heterocycles. The minimum Gasteiger partial charge on any atom is -0.508 e. The highest BCUT2D eigenvalue weighted by atomic mass is 33.1. The summed E-state index contributed by atoms with van der Waals surface area (Å²) in [5.74, 6) is -23.0. The maximum Gasteiger partial charge on any atom is 0.326 e. The maximum absolute atomic E-state index is 15.4. The normalized spacial score (nSPS) is 18.6. The summed E-state index contributed by atoms with van der Waals surface area (Å²) in [5.41, 5.74) is 13.9. The van der Waals surface area contributed by atoms with Gasteiger partial charge in [0.05, 0.1) is 30.9 Å². The molecule has 0 bridgehead atoms. The average Bonchev–Trinajstić information content (AvgIpc) is 1.75. The number of phenolic OH excluding ortho intramolecular Hbond substituents is 1. The largest absolute Gasteiger partial charge is 0.508 e. The Hall–Kier alpha value is -12.2. The summed E-state index contributed by atoms with van der Waals surface area (Å²) in [6.45, 7) is 13.3. The van der Waals surface area contributed by atoms with Gasteiger partial charge in [0.1, 0.15) is 84.3 Å². The highest BCUT2D eigenvalue weighted by Gasteiger charge is 2.41. The van der Waals surface area contributed by atoms with E-state index in [-0.39, 0.29) is 62.9 Å². The number of nitrogens with one attached hydrogen (secondary N) is 15. The van der Waals surface area contributed by atoms with Crippen LogP contribution in [0.3, 0.4) is 0 Å². The predicted molar refractivity (Wildman–Crippen MR) is 459 cm³/mol. The fourth-order valence-electron chi connectivity index (χ4n) is 13.3. The molecule has 0 saturated carbocycles. The number of hydrogen-bond donors (Lipinski definition) is 22. The van der Waals surface area contributed by atoms with Gasteiger partial charge in [0.2, 0.25) is 76.8 Å². The number of carbonyl (C=O) groups is 17. The van der Waals surface area contributed by atoms with Crippen molar-refractivity contribution in [1.29, 1.82) is 0 Å². The van der Waals surface area contributed by atoms with Crippen molar-refractivity contribution in [2.75, 3.05) is 18.1 Å². The quantitative estimate of drug-likeness (QED) is 0.0176. The van der Waals surface area contributed by atoms with Crippen molar-refractivity contribution in [3.05, 3.63) is 120 Å². The molecule has 1 aliphatic heterocycles. The van der Waals surface area contributed by atoms with Crippen molar-refractivity contribution in [3.8, 4) is 5.75 Å². The number of benzene rings is 3. The molecule has 1 aliphatic rings. The minimum absolute atomic E-state index is 0.128. The van der Waals surface area contributed by atoms with E-state index < -0.39 is 253 Å². The molecule has 0 unspecified atom stereocenters. The van der Waals surface area contributed by atoms with E-state index in [4.69, 9.17) is 11.5 Å². The molecule has 0 spiro atoms. The second kappa shape index (κ2) is 50.6. The molecule has 13 amide bonds. The summed E-state index contributed by atoms with van der Waals surface area (Å²) in [6, 6.07) is -1.78. The third-order valence-electron chi connectivity index (χ3n) is 20.8. The Bertz CT molecular complexity index is 4540. The van der Waals surface area contributed by atoms with Crippen LogP contribution >= 0.6 is 21.6 Å². The van der Waals surface area contributed by atoms with Gasteiger partial charge in [0, 0.05) is 66.9 Å². The van der Waals surface area contributed by atoms with Crippen LogP contribution in [0.2, 0.25) is 0 Å². The molecule has 125 heavy (non-hydrogen) atoms. The van der Waals surface area contributed by atoms with E-state index in [1.165, 1.54) is 36.8 Å². The lowest BCUT2D eigenvalue weighted by atomic mass is 9.94. The molecule has 24 N–H and O–H groups in total. The first kappa shape index (κ1) is 102. The number of aliphatic carboxylic acids is 4. The number of hydrogen-bond acceptors (Lipinski definition) is 23. The van der Waals surface area contributed by atoms with Crippen LogP contribution in [0.4, 0.5) is 0 Å². The first-order chi connectivity index (χ1) is 59.3. The number of aromatic hydroxyl groups is 1. The number of amides is 13. The number of phenols is 1. The Morgan fingerprint density at radius 2 is 1.06 bits per heavy atom. The monoisotopic (exact) mass is 1780 g/mol. The van der Waals surface area contributed by atoms with E-state index in [1.807, 2.05) is 0 Å². The van der Waals surface area contributed by atoms with Crippen molar-refractivity contribution >= 4 is 133 Å². The lowest BCUT2D eigenvalue weighted by Crippen LogP contribution is -2.62. The van der Waals surface area contributed by atoms with Crippen molar-refractivity contribution in [1.82, 2.24) is 84.1 Å². The third-order valence-corrected chi connectivity index (χ3v) is 23.3. The number of imidazole rings is 1. The number of rotatable bonds is 45. The molecule has 42 heteroatoms. The highest BCUT2D eigenvalue weighted by Crippen LogP contribution is 2.26. The zero-order valence-corrected chi connectivity index (χ0v) is 72.4. The SMILES string of the molecule is CC[C@H](C)[C@H](NC(=O)[C@H](CC(=O)O)NC(=O)[C@H](CC(C)C)NC(=O)[C@H](Cc1c[nH]cn1)NC(=O)[C@@H]1CSSC[C@H](NC(=O)[C@H](CCC(=O)O)NC(=O)[C@H](CCCCN)NC(=O)[C@@H](N)CC(=O)O)C(=O)N[C@@H](C(C)C)C(=O)N[C@@H](Cc2ccc(O)cc2)C(=O)N[C@@H](Cc2ccccc2)C(=O)N1)C(=O)N[C@H](C(=O)N[C@@H](Cc1c[nH]c2ccccc12)C(=O)O)[C@@H](C)CC. The van der Waals surface area contributed by atoms with Crippen LogP contribution in [-0.4, -0.2) is 244 Å². The molecule has 40 nitrogen and oxygen atoms in total. The summed E-state index contributed by atoms with van der Waals surface area (Å²) in [5, 5.41) is 84.3. The zero-order valence-electron chi connectivity index (χ0n) is 70.7. The number of carbonyl (C=O) groups excluding carboxylic acids is 13. The van der Waals surface area contributed by atoms with E-state index in [9.17, 15) is 87.9 Å². The predicted octanol–water partition coefficient (Wildman–Crippen LogP) is -0.286. The number of nitrogens with zero attached hydrogens (tertiary/aromatic N) is 1.